The number of hydrogen-bond donors (Lipinski definition) is 1. The Hall–Kier alpha value is -0.620. The molecule has 1 aliphatic rings. The minimum atomic E-state index is 0.560. The molecular weight excluding hydrogens is 224 g/mol. The second-order valence-electron chi connectivity index (χ2n) is 3.71. The maximum atomic E-state index is 5.72. The van der Waals surface area contributed by atoms with Gasteiger partial charge < -0.3 is 15.2 Å². The van der Waals surface area contributed by atoms with Crippen LogP contribution in [-0.2, 0) is 11.3 Å². The Labute approximate surface area is 99.9 Å². The van der Waals surface area contributed by atoms with Crippen molar-refractivity contribution in [3.63, 3.8) is 0 Å². The van der Waals surface area contributed by atoms with Gasteiger partial charge >= 0.3 is 0 Å². The van der Waals surface area contributed by atoms with Gasteiger partial charge in [0.15, 0.2) is 0 Å². The first-order valence-corrected chi connectivity index (χ1v) is 6.47. The third-order valence-corrected chi connectivity index (χ3v) is 3.58. The zero-order valence-corrected chi connectivity index (χ0v) is 10.2. The van der Waals surface area contributed by atoms with Crippen LogP contribution in [0, 0.1) is 0 Å². The lowest BCUT2D eigenvalue weighted by Crippen LogP contribution is -2.38. The van der Waals surface area contributed by atoms with Crippen LogP contribution in [0.15, 0.2) is 11.4 Å². The molecule has 2 N–H and O–H groups in total. The van der Waals surface area contributed by atoms with Crippen LogP contribution in [0.25, 0.3) is 0 Å². The summed E-state index contributed by atoms with van der Waals surface area (Å²) in [5, 5.41) is 2.02. The van der Waals surface area contributed by atoms with Crippen LogP contribution >= 0.6 is 11.3 Å². The number of nitrogens with two attached hydrogens (primary N) is 1. The van der Waals surface area contributed by atoms with E-state index in [1.807, 2.05) is 11.4 Å². The fraction of sp³-hybridized carbons (Fsp3) is 0.636. The number of hydrogen-bond acceptors (Lipinski definition) is 5. The zero-order chi connectivity index (χ0) is 11.2. The van der Waals surface area contributed by atoms with Gasteiger partial charge in [-0.15, -0.1) is 11.3 Å². The van der Waals surface area contributed by atoms with Gasteiger partial charge in [-0.2, -0.15) is 0 Å². The molecule has 0 amide bonds. The van der Waals surface area contributed by atoms with Crippen molar-refractivity contribution in [2.45, 2.75) is 6.54 Å². The van der Waals surface area contributed by atoms with Crippen molar-refractivity contribution in [1.82, 2.24) is 4.90 Å². The minimum Gasteiger partial charge on any atom is -0.491 e. The van der Waals surface area contributed by atoms with Crippen LogP contribution in [-0.4, -0.2) is 44.4 Å². The molecule has 4 nitrogen and oxygen atoms in total. The fourth-order valence-corrected chi connectivity index (χ4v) is 2.41. The molecule has 2 rings (SSSR count). The summed E-state index contributed by atoms with van der Waals surface area (Å²) in [7, 11) is 0. The first-order valence-electron chi connectivity index (χ1n) is 5.59. The minimum absolute atomic E-state index is 0.560. The van der Waals surface area contributed by atoms with Crippen molar-refractivity contribution >= 4 is 11.3 Å². The van der Waals surface area contributed by atoms with Crippen LogP contribution in [0.5, 0.6) is 5.75 Å². The third-order valence-electron chi connectivity index (χ3n) is 2.66. The van der Waals surface area contributed by atoms with Crippen molar-refractivity contribution in [2.75, 3.05) is 39.5 Å². The van der Waals surface area contributed by atoms with E-state index in [2.05, 4.69) is 4.90 Å². The highest BCUT2D eigenvalue weighted by atomic mass is 32.1. The maximum Gasteiger partial charge on any atom is 0.134 e. The van der Waals surface area contributed by atoms with Gasteiger partial charge in [0.05, 0.1) is 18.1 Å². The van der Waals surface area contributed by atoms with Gasteiger partial charge in [-0.3, -0.25) is 4.90 Å². The third kappa shape index (κ3) is 3.18. The summed E-state index contributed by atoms with van der Waals surface area (Å²) < 4.78 is 11.0. The lowest BCUT2D eigenvalue weighted by molar-refractivity contribution is 0.0322. The fourth-order valence-electron chi connectivity index (χ4n) is 1.72. The number of morpholine rings is 1. The van der Waals surface area contributed by atoms with E-state index in [4.69, 9.17) is 15.2 Å². The standard InChI is InChI=1S/C11H18N2O2S/c12-9-11-10(1-8-16-11)15-7-4-13-2-5-14-6-3-13/h1,8H,2-7,9,12H2. The number of thiophene rings is 1. The van der Waals surface area contributed by atoms with E-state index < -0.39 is 0 Å². The van der Waals surface area contributed by atoms with Gasteiger partial charge in [-0.25, -0.2) is 0 Å². The van der Waals surface area contributed by atoms with Crippen molar-refractivity contribution in [2.24, 2.45) is 5.73 Å². The molecule has 1 fully saturated rings. The second kappa shape index (κ2) is 6.20. The lowest BCUT2D eigenvalue weighted by atomic mass is 10.4. The summed E-state index contributed by atoms with van der Waals surface area (Å²) in [6, 6.07) is 1.99. The van der Waals surface area contributed by atoms with Gasteiger partial charge in [0.25, 0.3) is 0 Å². The monoisotopic (exact) mass is 242 g/mol. The predicted octanol–water partition coefficient (Wildman–Crippen LogP) is 0.918. The van der Waals surface area contributed by atoms with Crippen LogP contribution < -0.4 is 10.5 Å². The van der Waals surface area contributed by atoms with Crippen molar-refractivity contribution in [3.8, 4) is 5.75 Å². The molecule has 0 radical (unpaired) electrons. The van der Waals surface area contributed by atoms with Crippen molar-refractivity contribution in [1.29, 1.82) is 0 Å². The molecule has 0 atom stereocenters. The molecule has 1 aromatic heterocycles. The van der Waals surface area contributed by atoms with Crippen molar-refractivity contribution in [3.05, 3.63) is 16.3 Å². The molecule has 1 aromatic rings. The molecule has 90 valence electrons. The predicted molar refractivity (Wildman–Crippen MR) is 65.0 cm³/mol. The molecule has 0 saturated carbocycles. The molecular formula is C11H18N2O2S. The molecule has 0 spiro atoms. The normalized spacial score (nSPS) is 17.6. The summed E-state index contributed by atoms with van der Waals surface area (Å²) in [5.74, 6) is 0.945. The van der Waals surface area contributed by atoms with Crippen molar-refractivity contribution < 1.29 is 9.47 Å². The Morgan fingerprint density at radius 2 is 2.25 bits per heavy atom. The number of rotatable bonds is 5. The molecule has 0 unspecified atom stereocenters. The average molecular weight is 242 g/mol. The van der Waals surface area contributed by atoms with Gasteiger partial charge in [0.2, 0.25) is 0 Å². The summed E-state index contributed by atoms with van der Waals surface area (Å²) in [4.78, 5) is 3.49. The molecule has 16 heavy (non-hydrogen) atoms. The Kier molecular flexibility index (Phi) is 4.59. The highest BCUT2D eigenvalue weighted by molar-refractivity contribution is 7.10. The number of ether oxygens (including phenoxy) is 2. The molecule has 2 heterocycles. The Morgan fingerprint density at radius 3 is 3.00 bits per heavy atom. The van der Waals surface area contributed by atoms with Crippen LogP contribution in [0.4, 0.5) is 0 Å². The topological polar surface area (TPSA) is 47.7 Å². The first-order chi connectivity index (χ1) is 7.90. The Balaban J connectivity index is 1.71. The smallest absolute Gasteiger partial charge is 0.134 e. The molecule has 0 aromatic carbocycles. The Morgan fingerprint density at radius 1 is 1.44 bits per heavy atom. The van der Waals surface area contributed by atoms with Gasteiger partial charge in [-0.05, 0) is 11.4 Å². The van der Waals surface area contributed by atoms with Crippen LogP contribution in [0.1, 0.15) is 4.88 Å². The zero-order valence-electron chi connectivity index (χ0n) is 9.35. The maximum absolute atomic E-state index is 5.72. The van der Waals surface area contributed by atoms with Crippen LogP contribution in [0.3, 0.4) is 0 Å². The summed E-state index contributed by atoms with van der Waals surface area (Å²) >= 11 is 1.65. The van der Waals surface area contributed by atoms with Crippen LogP contribution in [0.2, 0.25) is 0 Å². The summed E-state index contributed by atoms with van der Waals surface area (Å²) in [6.07, 6.45) is 0. The van der Waals surface area contributed by atoms with E-state index in [1.165, 1.54) is 0 Å². The molecule has 0 aliphatic carbocycles. The lowest BCUT2D eigenvalue weighted by Gasteiger charge is -2.26. The van der Waals surface area contributed by atoms with E-state index in [1.54, 1.807) is 11.3 Å². The second-order valence-corrected chi connectivity index (χ2v) is 4.72. The van der Waals surface area contributed by atoms with E-state index in [9.17, 15) is 0 Å². The quantitative estimate of drug-likeness (QED) is 0.834. The highest BCUT2D eigenvalue weighted by Crippen LogP contribution is 2.23. The van der Waals surface area contributed by atoms with Gasteiger partial charge in [0, 0.05) is 26.2 Å². The molecule has 0 bridgehead atoms. The highest BCUT2D eigenvalue weighted by Gasteiger charge is 2.10. The van der Waals surface area contributed by atoms with E-state index in [0.717, 1.165) is 50.1 Å². The van der Waals surface area contributed by atoms with E-state index >= 15 is 0 Å². The van der Waals surface area contributed by atoms with Gasteiger partial charge in [0.1, 0.15) is 12.4 Å². The molecule has 1 aliphatic heterocycles. The largest absolute Gasteiger partial charge is 0.491 e. The number of nitrogens with zero attached hydrogens (tertiary/aromatic N) is 1. The molecule has 5 heteroatoms. The summed E-state index contributed by atoms with van der Waals surface area (Å²) in [5.41, 5.74) is 5.61. The summed E-state index contributed by atoms with van der Waals surface area (Å²) in [6.45, 7) is 5.95. The van der Waals surface area contributed by atoms with E-state index in [0.29, 0.717) is 6.54 Å². The Bertz CT molecular complexity index is 311. The van der Waals surface area contributed by atoms with Gasteiger partial charge in [-0.1, -0.05) is 0 Å². The average Bonchev–Trinajstić information content (AvgIpc) is 2.78. The van der Waals surface area contributed by atoms with E-state index in [-0.39, 0.29) is 0 Å². The SMILES string of the molecule is NCc1sccc1OCCN1CCOCC1. The first kappa shape index (κ1) is 11.9. The molecule has 1 saturated heterocycles.